The van der Waals surface area contributed by atoms with Crippen molar-refractivity contribution < 1.29 is 5.11 Å². The van der Waals surface area contributed by atoms with Crippen molar-refractivity contribution in [3.05, 3.63) is 63.9 Å². The van der Waals surface area contributed by atoms with Crippen LogP contribution in [0.3, 0.4) is 0 Å². The van der Waals surface area contributed by atoms with Gasteiger partial charge in [-0.25, -0.2) is 0 Å². The number of hydrogen-bond donors (Lipinski definition) is 1. The van der Waals surface area contributed by atoms with Crippen molar-refractivity contribution in [2.45, 2.75) is 38.7 Å². The quantitative estimate of drug-likeness (QED) is 0.829. The number of halogens is 1. The third kappa shape index (κ3) is 3.16. The Morgan fingerprint density at radius 2 is 1.60 bits per heavy atom. The number of pyridine rings is 1. The second-order valence-corrected chi connectivity index (χ2v) is 9.58. The average molecular weight is 403 g/mol. The smallest absolute Gasteiger partial charge is 0.124 e. The van der Waals surface area contributed by atoms with E-state index < -0.39 is 5.60 Å². The zero-order valence-corrected chi connectivity index (χ0v) is 17.3. The predicted molar refractivity (Wildman–Crippen MR) is 106 cm³/mol. The molecule has 1 saturated heterocycles. The summed E-state index contributed by atoms with van der Waals surface area (Å²) < 4.78 is 0.881. The molecule has 1 N–H and O–H groups in total. The Hall–Kier alpha value is -1.23. The van der Waals surface area contributed by atoms with Crippen molar-refractivity contribution >= 4 is 15.9 Å². The lowest BCUT2D eigenvalue weighted by atomic mass is 9.62. The summed E-state index contributed by atoms with van der Waals surface area (Å²) in [6.45, 7) is 10.5. The van der Waals surface area contributed by atoms with Gasteiger partial charge in [0.1, 0.15) is 5.60 Å². The maximum Gasteiger partial charge on any atom is 0.124 e. The molecule has 0 bridgehead atoms. The maximum atomic E-state index is 12.0. The monoisotopic (exact) mass is 402 g/mol. The highest BCUT2D eigenvalue weighted by Crippen LogP contribution is 2.50. The van der Waals surface area contributed by atoms with Gasteiger partial charge in [-0.15, -0.1) is 0 Å². The molecule has 2 aromatic rings. The molecule has 1 atom stereocenters. The van der Waals surface area contributed by atoms with Crippen LogP contribution in [0, 0.1) is 5.41 Å². The summed E-state index contributed by atoms with van der Waals surface area (Å²) in [5, 5.41) is 12.0. The number of aliphatic hydroxyl groups is 1. The Kier molecular flexibility index (Phi) is 4.59. The van der Waals surface area contributed by atoms with Gasteiger partial charge in [-0.05, 0) is 45.6 Å². The van der Waals surface area contributed by atoms with E-state index in [1.165, 1.54) is 5.56 Å². The second kappa shape index (κ2) is 6.19. The molecule has 0 spiro atoms. The van der Waals surface area contributed by atoms with Crippen molar-refractivity contribution in [3.63, 3.8) is 0 Å². The van der Waals surface area contributed by atoms with Crippen LogP contribution in [0.25, 0.3) is 0 Å². The van der Waals surface area contributed by atoms with E-state index in [4.69, 9.17) is 0 Å². The van der Waals surface area contributed by atoms with Gasteiger partial charge in [0, 0.05) is 40.9 Å². The summed E-state index contributed by atoms with van der Waals surface area (Å²) in [6, 6.07) is 10.4. The molecule has 4 heteroatoms. The summed E-state index contributed by atoms with van der Waals surface area (Å²) in [5.74, 6) is 0. The van der Waals surface area contributed by atoms with E-state index in [0.717, 1.165) is 28.7 Å². The Morgan fingerprint density at radius 3 is 2.08 bits per heavy atom. The zero-order valence-electron chi connectivity index (χ0n) is 15.7. The molecule has 1 aliphatic heterocycles. The average Bonchev–Trinajstić information content (AvgIpc) is 2.52. The van der Waals surface area contributed by atoms with Gasteiger partial charge >= 0.3 is 0 Å². The molecule has 1 fully saturated rings. The summed E-state index contributed by atoms with van der Waals surface area (Å²) in [7, 11) is 2.09. The molecule has 1 aromatic carbocycles. The van der Waals surface area contributed by atoms with Crippen LogP contribution in [-0.4, -0.2) is 35.1 Å². The van der Waals surface area contributed by atoms with Gasteiger partial charge in [-0.1, -0.05) is 52.0 Å². The molecular formula is C21H27BrN2O. The lowest BCUT2D eigenvalue weighted by molar-refractivity contribution is -0.127. The molecule has 134 valence electrons. The van der Waals surface area contributed by atoms with Crippen LogP contribution >= 0.6 is 15.9 Å². The van der Waals surface area contributed by atoms with Gasteiger partial charge in [0.25, 0.3) is 0 Å². The minimum atomic E-state index is -1.08. The van der Waals surface area contributed by atoms with Crippen LogP contribution in [-0.2, 0) is 11.0 Å². The Bertz CT molecular complexity index is 760. The van der Waals surface area contributed by atoms with Gasteiger partial charge in [-0.2, -0.15) is 0 Å². The first-order chi connectivity index (χ1) is 11.6. The predicted octanol–water partition coefficient (Wildman–Crippen LogP) is 4.33. The van der Waals surface area contributed by atoms with E-state index in [1.54, 1.807) is 12.4 Å². The first-order valence-corrected chi connectivity index (χ1v) is 9.48. The third-order valence-electron chi connectivity index (χ3n) is 5.40. The molecule has 0 amide bonds. The Balaban J connectivity index is 2.12. The zero-order chi connectivity index (χ0) is 18.5. The minimum Gasteiger partial charge on any atom is -0.380 e. The fourth-order valence-electron chi connectivity index (χ4n) is 4.06. The lowest BCUT2D eigenvalue weighted by Gasteiger charge is -2.55. The Labute approximate surface area is 159 Å². The molecular weight excluding hydrogens is 376 g/mol. The molecule has 2 heterocycles. The molecule has 0 aliphatic carbocycles. The number of rotatable bonds is 3. The van der Waals surface area contributed by atoms with Crippen molar-refractivity contribution in [2.75, 3.05) is 20.1 Å². The summed E-state index contributed by atoms with van der Waals surface area (Å²) in [4.78, 5) is 6.54. The van der Waals surface area contributed by atoms with E-state index in [1.807, 2.05) is 6.07 Å². The van der Waals surface area contributed by atoms with Gasteiger partial charge in [0.2, 0.25) is 0 Å². The fourth-order valence-corrected chi connectivity index (χ4v) is 4.42. The number of benzene rings is 1. The van der Waals surface area contributed by atoms with Crippen LogP contribution in [0.1, 0.15) is 44.4 Å². The molecule has 1 aromatic heterocycles. The van der Waals surface area contributed by atoms with Crippen molar-refractivity contribution in [2.24, 2.45) is 5.41 Å². The van der Waals surface area contributed by atoms with E-state index >= 15 is 0 Å². The molecule has 3 rings (SSSR count). The lowest BCUT2D eigenvalue weighted by Crippen LogP contribution is -2.63. The first kappa shape index (κ1) is 18.6. The highest BCUT2D eigenvalue weighted by molar-refractivity contribution is 9.10. The van der Waals surface area contributed by atoms with E-state index in [-0.39, 0.29) is 10.8 Å². The number of likely N-dealkylation sites (tertiary alicyclic amines) is 1. The highest BCUT2D eigenvalue weighted by atomic mass is 79.9. The standard InChI is InChI=1S/C21H27BrN2O/c1-19(2,3)15-6-8-16(9-7-15)21(25,20(4)13-24(5)14-20)17-10-18(22)12-23-11-17/h6-12,25H,13-14H2,1-5H3/t21-/m0/s1. The highest BCUT2D eigenvalue weighted by Gasteiger charge is 2.55. The van der Waals surface area contributed by atoms with Crippen LogP contribution in [0.4, 0.5) is 0 Å². The number of aromatic nitrogens is 1. The number of hydrogen-bond acceptors (Lipinski definition) is 3. The largest absolute Gasteiger partial charge is 0.380 e. The number of nitrogens with zero attached hydrogens (tertiary/aromatic N) is 2. The van der Waals surface area contributed by atoms with Gasteiger partial charge in [-0.3, -0.25) is 4.98 Å². The van der Waals surface area contributed by atoms with Gasteiger partial charge in [0.05, 0.1) is 0 Å². The van der Waals surface area contributed by atoms with Crippen LogP contribution in [0.15, 0.2) is 47.2 Å². The van der Waals surface area contributed by atoms with E-state index in [2.05, 4.69) is 84.8 Å². The van der Waals surface area contributed by atoms with Gasteiger partial charge < -0.3 is 10.0 Å². The fraction of sp³-hybridized carbons (Fsp3) is 0.476. The van der Waals surface area contributed by atoms with Crippen molar-refractivity contribution in [3.8, 4) is 0 Å². The molecule has 0 saturated carbocycles. The van der Waals surface area contributed by atoms with Gasteiger partial charge in [0.15, 0.2) is 0 Å². The van der Waals surface area contributed by atoms with Crippen molar-refractivity contribution in [1.82, 2.24) is 9.88 Å². The van der Waals surface area contributed by atoms with Crippen LogP contribution in [0.2, 0.25) is 0 Å². The molecule has 1 aliphatic rings. The molecule has 3 nitrogen and oxygen atoms in total. The minimum absolute atomic E-state index is 0.0918. The molecule has 25 heavy (non-hydrogen) atoms. The van der Waals surface area contributed by atoms with E-state index in [0.29, 0.717) is 0 Å². The van der Waals surface area contributed by atoms with Crippen LogP contribution < -0.4 is 0 Å². The molecule has 0 radical (unpaired) electrons. The maximum absolute atomic E-state index is 12.0. The van der Waals surface area contributed by atoms with E-state index in [9.17, 15) is 5.11 Å². The summed E-state index contributed by atoms with van der Waals surface area (Å²) >= 11 is 3.50. The summed E-state index contributed by atoms with van der Waals surface area (Å²) in [6.07, 6.45) is 3.54. The first-order valence-electron chi connectivity index (χ1n) is 8.69. The Morgan fingerprint density at radius 1 is 1.04 bits per heavy atom. The third-order valence-corrected chi connectivity index (χ3v) is 5.84. The van der Waals surface area contributed by atoms with Crippen molar-refractivity contribution in [1.29, 1.82) is 0 Å². The SMILES string of the molecule is CN1CC(C)([C@](O)(c2ccc(C(C)(C)C)cc2)c2cncc(Br)c2)C1. The topological polar surface area (TPSA) is 36.4 Å². The van der Waals surface area contributed by atoms with Crippen LogP contribution in [0.5, 0.6) is 0 Å². The summed E-state index contributed by atoms with van der Waals surface area (Å²) in [5.41, 5.74) is 1.79. The normalized spacial score (nSPS) is 20.0. The molecule has 0 unspecified atom stereocenters. The second-order valence-electron chi connectivity index (χ2n) is 8.66.